The van der Waals surface area contributed by atoms with Crippen LogP contribution in [0.5, 0.6) is 0 Å². The molecule has 1 amide bonds. The fourth-order valence-corrected chi connectivity index (χ4v) is 4.47. The van der Waals surface area contributed by atoms with Crippen molar-refractivity contribution in [2.75, 3.05) is 11.1 Å². The zero-order chi connectivity index (χ0) is 24.7. The third-order valence-electron chi connectivity index (χ3n) is 6.27. The number of benzene rings is 1. The molecule has 5 rings (SSSR count). The van der Waals surface area contributed by atoms with Crippen molar-refractivity contribution in [3.8, 4) is 11.4 Å². The molecule has 0 bridgehead atoms. The molecule has 9 nitrogen and oxygen atoms in total. The lowest BCUT2D eigenvalue weighted by atomic mass is 9.90. The predicted molar refractivity (Wildman–Crippen MR) is 124 cm³/mol. The van der Waals surface area contributed by atoms with Crippen LogP contribution in [0.4, 0.5) is 24.8 Å². The molecule has 1 aliphatic carbocycles. The molecule has 5 N–H and O–H groups in total. The summed E-state index contributed by atoms with van der Waals surface area (Å²) in [4.78, 5) is 23.6. The van der Waals surface area contributed by atoms with Gasteiger partial charge in [0.2, 0.25) is 0 Å². The summed E-state index contributed by atoms with van der Waals surface area (Å²) in [5.74, 6) is -2.06. The first-order valence-electron chi connectivity index (χ1n) is 11.1. The average Bonchev–Trinajstić information content (AvgIpc) is 3.39. The minimum absolute atomic E-state index is 0.0188. The minimum atomic E-state index is -0.741. The van der Waals surface area contributed by atoms with Gasteiger partial charge in [-0.2, -0.15) is 5.10 Å². The van der Waals surface area contributed by atoms with Crippen LogP contribution in [0.2, 0.25) is 0 Å². The first-order valence-corrected chi connectivity index (χ1v) is 11.1. The van der Waals surface area contributed by atoms with E-state index in [0.29, 0.717) is 17.5 Å². The van der Waals surface area contributed by atoms with Crippen LogP contribution < -0.4 is 16.4 Å². The number of fused-ring (bicyclic) bond motifs is 1. The molecule has 0 saturated heterocycles. The second-order valence-electron chi connectivity index (χ2n) is 8.65. The van der Waals surface area contributed by atoms with Gasteiger partial charge in [-0.3, -0.25) is 9.48 Å². The van der Waals surface area contributed by atoms with E-state index in [0.717, 1.165) is 31.5 Å². The summed E-state index contributed by atoms with van der Waals surface area (Å²) in [5.41, 5.74) is 6.66. The lowest BCUT2D eigenvalue weighted by Gasteiger charge is -2.30. The van der Waals surface area contributed by atoms with E-state index in [-0.39, 0.29) is 46.4 Å². The summed E-state index contributed by atoms with van der Waals surface area (Å²) in [6.45, 7) is 0. The number of aryl methyl sites for hydroxylation is 1. The van der Waals surface area contributed by atoms with Crippen LogP contribution in [0.15, 0.2) is 30.7 Å². The Kier molecular flexibility index (Phi) is 5.79. The molecule has 3 heterocycles. The van der Waals surface area contributed by atoms with E-state index in [4.69, 9.17) is 5.73 Å². The number of nitrogens with zero attached hydrogens (tertiary/aromatic N) is 4. The smallest absolute Gasteiger partial charge is 0.256 e. The molecule has 35 heavy (non-hydrogen) atoms. The highest BCUT2D eigenvalue weighted by molar-refractivity contribution is 5.98. The summed E-state index contributed by atoms with van der Waals surface area (Å²) >= 11 is 0. The number of anilines is 2. The molecular formula is C23H23F3N8O. The van der Waals surface area contributed by atoms with E-state index in [1.807, 2.05) is 0 Å². The molecule has 4 aromatic rings. The molecule has 1 fully saturated rings. The number of hydrogen-bond donors (Lipinski definition) is 4. The SMILES string of the molecule is Cn1ncc(C(=O)N[C@@H]2CCC[C@H](Nc3nc(-c4c[nH]c5c(F)cc(F)cc45)ncc3F)C2)c1N. The Balaban J connectivity index is 1.33. The van der Waals surface area contributed by atoms with Crippen LogP contribution >= 0.6 is 0 Å². The highest BCUT2D eigenvalue weighted by Gasteiger charge is 2.26. The number of nitrogens with two attached hydrogens (primary N) is 1. The number of carbonyl (C=O) groups is 1. The van der Waals surface area contributed by atoms with Crippen molar-refractivity contribution in [3.05, 3.63) is 53.7 Å². The van der Waals surface area contributed by atoms with Crippen molar-refractivity contribution in [1.29, 1.82) is 0 Å². The number of aromatic nitrogens is 5. The normalized spacial score (nSPS) is 18.1. The number of amides is 1. The van der Waals surface area contributed by atoms with E-state index < -0.39 is 17.5 Å². The fourth-order valence-electron chi connectivity index (χ4n) is 4.47. The topological polar surface area (TPSA) is 127 Å². The van der Waals surface area contributed by atoms with Gasteiger partial charge in [-0.05, 0) is 31.7 Å². The van der Waals surface area contributed by atoms with Crippen molar-refractivity contribution >= 4 is 28.4 Å². The van der Waals surface area contributed by atoms with Crippen molar-refractivity contribution in [1.82, 2.24) is 30.0 Å². The largest absolute Gasteiger partial charge is 0.383 e. The van der Waals surface area contributed by atoms with Crippen LogP contribution in [0.3, 0.4) is 0 Å². The van der Waals surface area contributed by atoms with E-state index in [9.17, 15) is 18.0 Å². The van der Waals surface area contributed by atoms with Crippen molar-refractivity contribution in [2.24, 2.45) is 7.05 Å². The van der Waals surface area contributed by atoms with E-state index in [2.05, 4.69) is 30.7 Å². The monoisotopic (exact) mass is 484 g/mol. The van der Waals surface area contributed by atoms with Crippen molar-refractivity contribution in [2.45, 2.75) is 37.8 Å². The molecule has 0 aliphatic heterocycles. The van der Waals surface area contributed by atoms with Gasteiger partial charge >= 0.3 is 0 Å². The van der Waals surface area contributed by atoms with E-state index in [1.165, 1.54) is 23.1 Å². The second kappa shape index (κ2) is 8.93. The van der Waals surface area contributed by atoms with Gasteiger partial charge in [0.15, 0.2) is 17.5 Å². The molecule has 2 atom stereocenters. The maximum Gasteiger partial charge on any atom is 0.256 e. The summed E-state index contributed by atoms with van der Waals surface area (Å²) in [6.07, 6.45) is 6.79. The Morgan fingerprint density at radius 3 is 2.74 bits per heavy atom. The molecule has 1 saturated carbocycles. The van der Waals surface area contributed by atoms with Crippen LogP contribution in [0.1, 0.15) is 36.0 Å². The molecule has 182 valence electrons. The molecule has 1 aliphatic rings. The third-order valence-corrected chi connectivity index (χ3v) is 6.27. The molecule has 12 heteroatoms. The lowest BCUT2D eigenvalue weighted by Crippen LogP contribution is -2.42. The summed E-state index contributed by atoms with van der Waals surface area (Å²) < 4.78 is 43.8. The van der Waals surface area contributed by atoms with Crippen LogP contribution in [0.25, 0.3) is 22.3 Å². The minimum Gasteiger partial charge on any atom is -0.383 e. The Bertz CT molecular complexity index is 1420. The highest BCUT2D eigenvalue weighted by atomic mass is 19.1. The lowest BCUT2D eigenvalue weighted by molar-refractivity contribution is 0.0927. The van der Waals surface area contributed by atoms with Gasteiger partial charge in [0.05, 0.1) is 17.9 Å². The average molecular weight is 484 g/mol. The Morgan fingerprint density at radius 2 is 1.97 bits per heavy atom. The number of hydrogen-bond acceptors (Lipinski definition) is 6. The van der Waals surface area contributed by atoms with E-state index >= 15 is 0 Å². The highest BCUT2D eigenvalue weighted by Crippen LogP contribution is 2.30. The number of halogens is 3. The van der Waals surface area contributed by atoms with E-state index in [1.54, 1.807) is 7.05 Å². The molecule has 3 aromatic heterocycles. The fraction of sp³-hybridized carbons (Fsp3) is 0.304. The second-order valence-corrected chi connectivity index (χ2v) is 8.65. The van der Waals surface area contributed by atoms with Crippen LogP contribution in [-0.4, -0.2) is 42.7 Å². The van der Waals surface area contributed by atoms with Crippen LogP contribution in [-0.2, 0) is 7.05 Å². The first-order chi connectivity index (χ1) is 16.8. The molecule has 0 spiro atoms. The molecule has 1 aromatic carbocycles. The van der Waals surface area contributed by atoms with Gasteiger partial charge in [-0.25, -0.2) is 23.1 Å². The number of nitrogen functional groups attached to an aromatic ring is 1. The zero-order valence-corrected chi connectivity index (χ0v) is 18.8. The Labute approximate surface area is 197 Å². The van der Waals surface area contributed by atoms with Gasteiger partial charge < -0.3 is 21.4 Å². The third kappa shape index (κ3) is 4.38. The van der Waals surface area contributed by atoms with Gasteiger partial charge in [0, 0.05) is 42.3 Å². The number of carbonyl (C=O) groups excluding carboxylic acids is 1. The maximum absolute atomic E-state index is 14.6. The predicted octanol–water partition coefficient (Wildman–Crippen LogP) is 3.51. The number of rotatable bonds is 5. The standard InChI is InChI=1S/C23H23F3N8O/c1-34-20(27)16(9-30-34)23(35)32-13-4-2-3-12(7-13)31-22-18(26)10-29-21(33-22)15-8-28-19-14(15)5-11(24)6-17(19)25/h5-6,8-10,12-13,28H,2-4,7,27H2,1H3,(H,32,35)(H,29,31,33)/t12-,13+/m0/s1. The van der Waals surface area contributed by atoms with Gasteiger partial charge in [0.1, 0.15) is 23.0 Å². The molecular weight excluding hydrogens is 461 g/mol. The number of nitrogens with one attached hydrogen (secondary N) is 3. The summed E-state index contributed by atoms with van der Waals surface area (Å²) in [7, 11) is 1.65. The molecule has 0 radical (unpaired) electrons. The number of H-pyrrole nitrogens is 1. The number of aromatic amines is 1. The Hall–Kier alpha value is -4.09. The molecule has 0 unspecified atom stereocenters. The van der Waals surface area contributed by atoms with Crippen LogP contribution in [0, 0.1) is 17.5 Å². The first kappa shape index (κ1) is 22.7. The van der Waals surface area contributed by atoms with Crippen molar-refractivity contribution in [3.63, 3.8) is 0 Å². The van der Waals surface area contributed by atoms with Gasteiger partial charge in [0.25, 0.3) is 5.91 Å². The maximum atomic E-state index is 14.6. The Morgan fingerprint density at radius 1 is 1.17 bits per heavy atom. The zero-order valence-electron chi connectivity index (χ0n) is 18.8. The summed E-state index contributed by atoms with van der Waals surface area (Å²) in [5, 5.41) is 10.3. The van der Waals surface area contributed by atoms with Gasteiger partial charge in [-0.1, -0.05) is 0 Å². The van der Waals surface area contributed by atoms with Gasteiger partial charge in [-0.15, -0.1) is 0 Å². The quantitative estimate of drug-likeness (QED) is 0.343. The summed E-state index contributed by atoms with van der Waals surface area (Å²) in [6, 6.07) is 1.66. The van der Waals surface area contributed by atoms with Crippen molar-refractivity contribution < 1.29 is 18.0 Å².